The van der Waals surface area contributed by atoms with E-state index in [9.17, 15) is 5.11 Å². The summed E-state index contributed by atoms with van der Waals surface area (Å²) in [5.74, 6) is 1.35. The van der Waals surface area contributed by atoms with E-state index in [2.05, 4.69) is 26.0 Å². The van der Waals surface area contributed by atoms with Crippen LogP contribution in [0.5, 0.6) is 5.75 Å². The SMILES string of the molecule is CCOC(O)C(OCC)C(CCCOC(C)Oc1ccc(C(C)CC)cc1)OCC. The van der Waals surface area contributed by atoms with Crippen LogP contribution in [0.25, 0.3) is 0 Å². The summed E-state index contributed by atoms with van der Waals surface area (Å²) in [7, 11) is 0. The van der Waals surface area contributed by atoms with Gasteiger partial charge in [0.05, 0.1) is 12.7 Å². The van der Waals surface area contributed by atoms with Crippen LogP contribution in [0.1, 0.15) is 72.3 Å². The van der Waals surface area contributed by atoms with Gasteiger partial charge in [-0.3, -0.25) is 0 Å². The fourth-order valence-corrected chi connectivity index (χ4v) is 3.26. The molecular weight excluding hydrogens is 384 g/mol. The number of hydrogen-bond donors (Lipinski definition) is 1. The highest BCUT2D eigenvalue weighted by molar-refractivity contribution is 5.29. The van der Waals surface area contributed by atoms with E-state index in [4.69, 9.17) is 23.7 Å². The van der Waals surface area contributed by atoms with Gasteiger partial charge in [0.15, 0.2) is 12.6 Å². The number of rotatable bonds is 17. The summed E-state index contributed by atoms with van der Waals surface area (Å²) in [6.45, 7) is 13.9. The van der Waals surface area contributed by atoms with Crippen LogP contribution in [0.2, 0.25) is 0 Å². The van der Waals surface area contributed by atoms with Crippen molar-refractivity contribution >= 4 is 0 Å². The van der Waals surface area contributed by atoms with E-state index in [-0.39, 0.29) is 12.4 Å². The molecule has 1 aromatic rings. The molecule has 1 N–H and O–H groups in total. The maximum Gasteiger partial charge on any atom is 0.196 e. The Labute approximate surface area is 182 Å². The van der Waals surface area contributed by atoms with Crippen LogP contribution in [0.15, 0.2) is 24.3 Å². The summed E-state index contributed by atoms with van der Waals surface area (Å²) < 4.78 is 28.5. The lowest BCUT2D eigenvalue weighted by Gasteiger charge is -2.30. The first-order valence-corrected chi connectivity index (χ1v) is 11.4. The molecule has 0 aliphatic carbocycles. The fraction of sp³-hybridized carbons (Fsp3) is 0.750. The first kappa shape index (κ1) is 26.9. The molecule has 30 heavy (non-hydrogen) atoms. The van der Waals surface area contributed by atoms with Gasteiger partial charge in [-0.25, -0.2) is 0 Å². The van der Waals surface area contributed by atoms with Crippen LogP contribution in [-0.4, -0.2) is 56.3 Å². The standard InChI is InChI=1S/C24H42O6/c1-7-18(5)20-13-15-21(16-14-20)30-19(6)29-17-11-12-22(26-8-2)23(27-9-3)24(25)28-10-4/h13-16,18-19,22-25H,7-12,17H2,1-6H3. The van der Waals surface area contributed by atoms with Gasteiger partial charge in [-0.2, -0.15) is 0 Å². The van der Waals surface area contributed by atoms with Crippen molar-refractivity contribution in [2.45, 2.75) is 91.5 Å². The van der Waals surface area contributed by atoms with Crippen molar-refractivity contribution in [2.24, 2.45) is 0 Å². The third kappa shape index (κ3) is 9.75. The first-order chi connectivity index (χ1) is 14.5. The molecule has 0 amide bonds. The quantitative estimate of drug-likeness (QED) is 0.283. The largest absolute Gasteiger partial charge is 0.465 e. The van der Waals surface area contributed by atoms with E-state index in [1.807, 2.05) is 39.8 Å². The number of aliphatic hydroxyl groups excluding tert-OH is 1. The summed E-state index contributed by atoms with van der Waals surface area (Å²) in [5.41, 5.74) is 1.32. The molecule has 0 aliphatic heterocycles. The van der Waals surface area contributed by atoms with E-state index in [0.717, 1.165) is 18.6 Å². The van der Waals surface area contributed by atoms with Crippen LogP contribution in [0.4, 0.5) is 0 Å². The third-order valence-electron chi connectivity index (χ3n) is 5.07. The van der Waals surface area contributed by atoms with Crippen molar-refractivity contribution in [3.05, 3.63) is 29.8 Å². The van der Waals surface area contributed by atoms with E-state index in [0.29, 0.717) is 38.8 Å². The van der Waals surface area contributed by atoms with Gasteiger partial charge in [-0.15, -0.1) is 0 Å². The topological polar surface area (TPSA) is 66.4 Å². The highest BCUT2D eigenvalue weighted by atomic mass is 16.7. The van der Waals surface area contributed by atoms with Crippen molar-refractivity contribution in [1.82, 2.24) is 0 Å². The monoisotopic (exact) mass is 426 g/mol. The second-order valence-electron chi connectivity index (χ2n) is 7.34. The fourth-order valence-electron chi connectivity index (χ4n) is 3.26. The third-order valence-corrected chi connectivity index (χ3v) is 5.07. The second kappa shape index (κ2) is 15.6. The molecule has 0 saturated carbocycles. The average Bonchev–Trinajstić information content (AvgIpc) is 2.74. The van der Waals surface area contributed by atoms with Crippen LogP contribution >= 0.6 is 0 Å². The van der Waals surface area contributed by atoms with Crippen molar-refractivity contribution in [1.29, 1.82) is 0 Å². The first-order valence-electron chi connectivity index (χ1n) is 11.4. The summed E-state index contributed by atoms with van der Waals surface area (Å²) in [6, 6.07) is 8.21. The number of ether oxygens (including phenoxy) is 5. The zero-order valence-corrected chi connectivity index (χ0v) is 19.6. The molecule has 5 atom stereocenters. The Hall–Kier alpha value is -1.18. The molecule has 0 aliphatic rings. The maximum absolute atomic E-state index is 10.2. The average molecular weight is 427 g/mol. The van der Waals surface area contributed by atoms with Gasteiger partial charge in [0.25, 0.3) is 0 Å². The lowest BCUT2D eigenvalue weighted by atomic mass is 9.99. The molecule has 1 aromatic carbocycles. The molecule has 0 radical (unpaired) electrons. The Balaban J connectivity index is 2.45. The van der Waals surface area contributed by atoms with Gasteiger partial charge in [0.2, 0.25) is 0 Å². The van der Waals surface area contributed by atoms with Crippen molar-refractivity contribution in [3.8, 4) is 5.75 Å². The van der Waals surface area contributed by atoms with Crippen LogP contribution in [0, 0.1) is 0 Å². The molecule has 6 nitrogen and oxygen atoms in total. The molecular formula is C24H42O6. The van der Waals surface area contributed by atoms with Gasteiger partial charge >= 0.3 is 0 Å². The van der Waals surface area contributed by atoms with Crippen molar-refractivity contribution in [3.63, 3.8) is 0 Å². The second-order valence-corrected chi connectivity index (χ2v) is 7.34. The Kier molecular flexibility index (Phi) is 14.0. The minimum Gasteiger partial charge on any atom is -0.465 e. The predicted molar refractivity (Wildman–Crippen MR) is 119 cm³/mol. The van der Waals surface area contributed by atoms with Crippen molar-refractivity contribution in [2.75, 3.05) is 26.4 Å². The Morgan fingerprint density at radius 3 is 2.03 bits per heavy atom. The molecule has 0 spiro atoms. The maximum atomic E-state index is 10.2. The zero-order valence-electron chi connectivity index (χ0n) is 19.6. The molecule has 0 heterocycles. The lowest BCUT2D eigenvalue weighted by molar-refractivity contribution is -0.211. The smallest absolute Gasteiger partial charge is 0.196 e. The number of benzene rings is 1. The van der Waals surface area contributed by atoms with E-state index in [1.54, 1.807) is 0 Å². The summed E-state index contributed by atoms with van der Waals surface area (Å²) in [6.07, 6.45) is 0.438. The van der Waals surface area contributed by atoms with Crippen LogP contribution < -0.4 is 4.74 Å². The van der Waals surface area contributed by atoms with Gasteiger partial charge < -0.3 is 28.8 Å². The van der Waals surface area contributed by atoms with Gasteiger partial charge in [0, 0.05) is 19.8 Å². The predicted octanol–water partition coefficient (Wildman–Crippen LogP) is 4.89. The van der Waals surface area contributed by atoms with Crippen LogP contribution in [-0.2, 0) is 18.9 Å². The Morgan fingerprint density at radius 2 is 1.47 bits per heavy atom. The Morgan fingerprint density at radius 1 is 0.833 bits per heavy atom. The number of hydrogen-bond acceptors (Lipinski definition) is 6. The molecule has 0 fully saturated rings. The van der Waals surface area contributed by atoms with Gasteiger partial charge in [0.1, 0.15) is 11.9 Å². The zero-order chi connectivity index (χ0) is 22.4. The highest BCUT2D eigenvalue weighted by Crippen LogP contribution is 2.22. The minimum atomic E-state index is -1.01. The molecule has 6 heteroatoms. The van der Waals surface area contributed by atoms with E-state index < -0.39 is 12.4 Å². The van der Waals surface area contributed by atoms with Gasteiger partial charge in [-0.1, -0.05) is 26.0 Å². The highest BCUT2D eigenvalue weighted by Gasteiger charge is 2.30. The molecule has 5 unspecified atom stereocenters. The van der Waals surface area contributed by atoms with E-state index >= 15 is 0 Å². The number of aliphatic hydroxyl groups is 1. The Bertz CT molecular complexity index is 535. The lowest BCUT2D eigenvalue weighted by Crippen LogP contribution is -2.43. The van der Waals surface area contributed by atoms with Crippen LogP contribution in [0.3, 0.4) is 0 Å². The summed E-state index contributed by atoms with van der Waals surface area (Å²) >= 11 is 0. The van der Waals surface area contributed by atoms with Crippen molar-refractivity contribution < 1.29 is 28.8 Å². The molecule has 1 rings (SSSR count). The molecule has 0 aromatic heterocycles. The van der Waals surface area contributed by atoms with E-state index in [1.165, 1.54) is 5.56 Å². The molecule has 174 valence electrons. The van der Waals surface area contributed by atoms with Gasteiger partial charge in [-0.05, 0) is 70.6 Å². The normalized spacial score (nSPS) is 16.6. The summed E-state index contributed by atoms with van der Waals surface area (Å²) in [4.78, 5) is 0. The molecule has 0 bridgehead atoms. The minimum absolute atomic E-state index is 0.260. The summed E-state index contributed by atoms with van der Waals surface area (Å²) in [5, 5.41) is 10.2. The molecule has 0 saturated heterocycles.